The topological polar surface area (TPSA) is 107 Å². The van der Waals surface area contributed by atoms with Crippen LogP contribution in [-0.2, 0) is 16.6 Å². The molecule has 3 aromatic rings. The number of benzene rings is 1. The van der Waals surface area contributed by atoms with E-state index in [2.05, 4.69) is 15.0 Å². The van der Waals surface area contributed by atoms with Crippen molar-refractivity contribution in [1.29, 1.82) is 0 Å². The van der Waals surface area contributed by atoms with E-state index in [1.807, 2.05) is 10.6 Å². The highest BCUT2D eigenvalue weighted by molar-refractivity contribution is 7.89. The highest BCUT2D eigenvalue weighted by Crippen LogP contribution is 2.27. The maximum atomic E-state index is 12.9. The summed E-state index contributed by atoms with van der Waals surface area (Å²) < 4.78 is 29.3. The molecule has 8 nitrogen and oxygen atoms in total. The number of hydrogen-bond donors (Lipinski definition) is 1. The Bertz CT molecular complexity index is 1000. The molecule has 0 radical (unpaired) electrons. The van der Waals surface area contributed by atoms with Gasteiger partial charge in [-0.25, -0.2) is 18.4 Å². The van der Waals surface area contributed by atoms with Crippen molar-refractivity contribution in [3.05, 3.63) is 42.9 Å². The van der Waals surface area contributed by atoms with Gasteiger partial charge in [-0.15, -0.1) is 0 Å². The first kappa shape index (κ1) is 16.0. The van der Waals surface area contributed by atoms with Crippen molar-refractivity contribution in [2.45, 2.75) is 30.3 Å². The van der Waals surface area contributed by atoms with Gasteiger partial charge in [0.25, 0.3) is 0 Å². The monoisotopic (exact) mass is 358 g/mol. The molecule has 0 spiro atoms. The number of imidazole rings is 1. The number of rotatable bonds is 4. The van der Waals surface area contributed by atoms with Gasteiger partial charge in [0.15, 0.2) is 5.65 Å². The molecule has 25 heavy (non-hydrogen) atoms. The number of nitrogen functional groups attached to an aromatic ring is 1. The van der Waals surface area contributed by atoms with Crippen LogP contribution in [0.2, 0.25) is 0 Å². The Morgan fingerprint density at radius 2 is 2.00 bits per heavy atom. The lowest BCUT2D eigenvalue weighted by Crippen LogP contribution is -2.38. The third kappa shape index (κ3) is 2.85. The van der Waals surface area contributed by atoms with Crippen molar-refractivity contribution in [2.24, 2.45) is 0 Å². The van der Waals surface area contributed by atoms with E-state index >= 15 is 0 Å². The molecule has 9 heteroatoms. The lowest BCUT2D eigenvalue weighted by molar-refractivity contribution is 0.354. The molecular formula is C16H18N6O2S. The molecule has 1 aliphatic rings. The van der Waals surface area contributed by atoms with Crippen LogP contribution >= 0.6 is 0 Å². The van der Waals surface area contributed by atoms with Crippen LogP contribution in [0.1, 0.15) is 12.8 Å². The summed E-state index contributed by atoms with van der Waals surface area (Å²) in [5, 5.41) is 0. The maximum Gasteiger partial charge on any atom is 0.243 e. The van der Waals surface area contributed by atoms with Crippen LogP contribution in [0.25, 0.3) is 11.2 Å². The van der Waals surface area contributed by atoms with Crippen LogP contribution < -0.4 is 5.73 Å². The van der Waals surface area contributed by atoms with Gasteiger partial charge in [-0.3, -0.25) is 0 Å². The summed E-state index contributed by atoms with van der Waals surface area (Å²) in [5.41, 5.74) is 6.93. The predicted octanol–water partition coefficient (Wildman–Crippen LogP) is 1.26. The van der Waals surface area contributed by atoms with Crippen LogP contribution in [0.4, 0.5) is 5.95 Å². The summed E-state index contributed by atoms with van der Waals surface area (Å²) in [4.78, 5) is 12.7. The fourth-order valence-corrected chi connectivity index (χ4v) is 4.97. The molecule has 0 bridgehead atoms. The molecule has 4 rings (SSSR count). The van der Waals surface area contributed by atoms with Gasteiger partial charge in [-0.2, -0.15) is 9.29 Å². The lowest BCUT2D eigenvalue weighted by Gasteiger charge is -2.24. The smallest absolute Gasteiger partial charge is 0.243 e. The lowest BCUT2D eigenvalue weighted by atomic mass is 10.2. The summed E-state index contributed by atoms with van der Waals surface area (Å²) in [5.74, 6) is 0.175. The van der Waals surface area contributed by atoms with E-state index in [4.69, 9.17) is 5.73 Å². The molecule has 0 aliphatic carbocycles. The Kier molecular flexibility index (Phi) is 3.89. The first-order valence-corrected chi connectivity index (χ1v) is 9.50. The second-order valence-corrected chi connectivity index (χ2v) is 7.95. The first-order chi connectivity index (χ1) is 12.1. The summed E-state index contributed by atoms with van der Waals surface area (Å²) in [6, 6.07) is 8.40. The number of nitrogens with zero attached hydrogens (tertiary/aromatic N) is 5. The van der Waals surface area contributed by atoms with Crippen molar-refractivity contribution in [3.63, 3.8) is 0 Å². The maximum absolute atomic E-state index is 12.9. The normalized spacial score (nSPS) is 18.8. The van der Waals surface area contributed by atoms with E-state index in [1.165, 1.54) is 0 Å². The number of aromatic nitrogens is 4. The SMILES string of the molecule is Nc1ncc2ncn(C[C@@H]3CCCN3S(=O)(=O)c3ccccc3)c2n1. The average Bonchev–Trinajstić information content (AvgIpc) is 3.24. The van der Waals surface area contributed by atoms with Gasteiger partial charge in [0, 0.05) is 19.1 Å². The fraction of sp³-hybridized carbons (Fsp3) is 0.312. The van der Waals surface area contributed by atoms with Crippen molar-refractivity contribution < 1.29 is 8.42 Å². The Labute approximate surface area is 145 Å². The summed E-state index contributed by atoms with van der Waals surface area (Å²) in [7, 11) is -3.51. The molecule has 1 fully saturated rings. The zero-order valence-electron chi connectivity index (χ0n) is 13.5. The van der Waals surface area contributed by atoms with Gasteiger partial charge in [-0.05, 0) is 25.0 Å². The first-order valence-electron chi connectivity index (χ1n) is 8.06. The van der Waals surface area contributed by atoms with Gasteiger partial charge in [-0.1, -0.05) is 18.2 Å². The minimum atomic E-state index is -3.51. The molecular weight excluding hydrogens is 340 g/mol. The van der Waals surface area contributed by atoms with E-state index in [-0.39, 0.29) is 12.0 Å². The summed E-state index contributed by atoms with van der Waals surface area (Å²) in [6.07, 6.45) is 4.86. The third-order valence-corrected chi connectivity index (χ3v) is 6.42. The van der Waals surface area contributed by atoms with Crippen LogP contribution in [-0.4, -0.2) is 44.8 Å². The average molecular weight is 358 g/mol. The van der Waals surface area contributed by atoms with E-state index in [0.717, 1.165) is 12.8 Å². The van der Waals surface area contributed by atoms with Crippen LogP contribution in [0.3, 0.4) is 0 Å². The predicted molar refractivity (Wildman–Crippen MR) is 93.1 cm³/mol. The summed E-state index contributed by atoms with van der Waals surface area (Å²) >= 11 is 0. The number of hydrogen-bond acceptors (Lipinski definition) is 6. The van der Waals surface area contributed by atoms with Crippen molar-refractivity contribution in [2.75, 3.05) is 12.3 Å². The summed E-state index contributed by atoms with van der Waals surface area (Å²) in [6.45, 7) is 1.00. The standard InChI is InChI=1S/C16H18N6O2S/c17-16-18-9-14-15(20-16)21(11-19-14)10-12-5-4-8-22(12)25(23,24)13-6-2-1-3-7-13/h1-3,6-7,9,11-12H,4-5,8,10H2,(H2,17,18,20)/t12-/m0/s1. The minimum Gasteiger partial charge on any atom is -0.368 e. The quantitative estimate of drug-likeness (QED) is 0.752. The largest absolute Gasteiger partial charge is 0.368 e. The zero-order chi connectivity index (χ0) is 17.4. The number of anilines is 1. The Hall–Kier alpha value is -2.52. The van der Waals surface area contributed by atoms with Crippen LogP contribution in [0.5, 0.6) is 0 Å². The molecule has 1 aromatic carbocycles. The molecule has 0 amide bonds. The van der Waals surface area contributed by atoms with Crippen molar-refractivity contribution >= 4 is 27.1 Å². The van der Waals surface area contributed by atoms with Crippen molar-refractivity contribution in [1.82, 2.24) is 23.8 Å². The number of nitrogens with two attached hydrogens (primary N) is 1. The zero-order valence-corrected chi connectivity index (χ0v) is 14.3. The molecule has 1 saturated heterocycles. The molecule has 0 saturated carbocycles. The minimum absolute atomic E-state index is 0.140. The highest BCUT2D eigenvalue weighted by atomic mass is 32.2. The molecule has 1 atom stereocenters. The van der Waals surface area contributed by atoms with Gasteiger partial charge >= 0.3 is 0 Å². The number of sulfonamides is 1. The Morgan fingerprint density at radius 3 is 2.80 bits per heavy atom. The van der Waals surface area contributed by atoms with Crippen molar-refractivity contribution in [3.8, 4) is 0 Å². The second-order valence-electron chi connectivity index (χ2n) is 6.06. The third-order valence-electron chi connectivity index (χ3n) is 4.46. The number of fused-ring (bicyclic) bond motifs is 1. The Balaban J connectivity index is 1.65. The van der Waals surface area contributed by atoms with Gasteiger partial charge in [0.2, 0.25) is 16.0 Å². The van der Waals surface area contributed by atoms with Crippen LogP contribution in [0, 0.1) is 0 Å². The molecule has 130 valence electrons. The van der Waals surface area contributed by atoms with Crippen LogP contribution in [0.15, 0.2) is 47.8 Å². The van der Waals surface area contributed by atoms with Gasteiger partial charge in [0.1, 0.15) is 5.52 Å². The molecule has 0 unspecified atom stereocenters. The molecule has 1 aliphatic heterocycles. The highest BCUT2D eigenvalue weighted by Gasteiger charge is 2.35. The molecule has 3 heterocycles. The fourth-order valence-electron chi connectivity index (χ4n) is 3.27. The van der Waals surface area contributed by atoms with Gasteiger partial charge in [0.05, 0.1) is 17.4 Å². The Morgan fingerprint density at radius 1 is 1.20 bits per heavy atom. The van der Waals surface area contributed by atoms with E-state index in [9.17, 15) is 8.42 Å². The molecule has 2 N–H and O–H groups in total. The van der Waals surface area contributed by atoms with E-state index in [0.29, 0.717) is 29.1 Å². The van der Waals surface area contributed by atoms with E-state index < -0.39 is 10.0 Å². The second kappa shape index (κ2) is 6.08. The van der Waals surface area contributed by atoms with E-state index in [1.54, 1.807) is 41.1 Å². The molecule has 2 aromatic heterocycles. The van der Waals surface area contributed by atoms with Gasteiger partial charge < -0.3 is 10.3 Å².